The number of hydrogen-bond donors (Lipinski definition) is 0. The molecule has 78 valence electrons. The molecule has 0 N–H and O–H groups in total. The second-order valence-electron chi connectivity index (χ2n) is 3.16. The number of esters is 1. The largest absolute Gasteiger partial charge is 0.497 e. The van der Waals surface area contributed by atoms with Crippen LogP contribution in [0.25, 0.3) is 0 Å². The molecule has 0 spiro atoms. The van der Waals surface area contributed by atoms with Crippen LogP contribution in [0.4, 0.5) is 0 Å². The molecule has 3 heteroatoms. The Morgan fingerprint density at radius 1 is 1.79 bits per heavy atom. The average molecular weight is 196 g/mol. The molecule has 0 amide bonds. The summed E-state index contributed by atoms with van der Waals surface area (Å²) in [5.74, 6) is 0.721. The zero-order valence-electron chi connectivity index (χ0n) is 8.49. The lowest BCUT2D eigenvalue weighted by atomic mass is 10.0. The fraction of sp³-hybridized carbons (Fsp3) is 0.545. The van der Waals surface area contributed by atoms with Gasteiger partial charge in [-0.05, 0) is 19.8 Å². The van der Waals surface area contributed by atoms with Crippen molar-refractivity contribution in [3.05, 3.63) is 24.5 Å². The normalized spacial score (nSPS) is 23.2. The number of ether oxygens (including phenoxy) is 2. The van der Waals surface area contributed by atoms with Gasteiger partial charge in [-0.3, -0.25) is 0 Å². The van der Waals surface area contributed by atoms with E-state index in [4.69, 9.17) is 9.47 Å². The minimum absolute atomic E-state index is 0.303. The van der Waals surface area contributed by atoms with E-state index >= 15 is 0 Å². The molecule has 1 heterocycles. The van der Waals surface area contributed by atoms with Gasteiger partial charge in [0.05, 0.1) is 19.3 Å². The van der Waals surface area contributed by atoms with Crippen molar-refractivity contribution in [3.8, 4) is 0 Å². The Labute approximate surface area is 84.4 Å². The molecular weight excluding hydrogens is 180 g/mol. The van der Waals surface area contributed by atoms with Crippen molar-refractivity contribution in [2.45, 2.75) is 19.8 Å². The molecule has 1 saturated heterocycles. The highest BCUT2D eigenvalue weighted by Crippen LogP contribution is 2.27. The summed E-state index contributed by atoms with van der Waals surface area (Å²) in [6.45, 7) is 6.54. The van der Waals surface area contributed by atoms with E-state index in [-0.39, 0.29) is 5.97 Å². The molecule has 0 saturated carbocycles. The Bertz CT molecular complexity index is 243. The molecule has 1 aliphatic heterocycles. The van der Waals surface area contributed by atoms with Gasteiger partial charge in [0.25, 0.3) is 0 Å². The van der Waals surface area contributed by atoms with Crippen LogP contribution in [-0.2, 0) is 14.3 Å². The van der Waals surface area contributed by atoms with Gasteiger partial charge in [-0.1, -0.05) is 6.08 Å². The highest BCUT2D eigenvalue weighted by atomic mass is 16.5. The first-order valence-corrected chi connectivity index (χ1v) is 4.90. The summed E-state index contributed by atoms with van der Waals surface area (Å²) >= 11 is 0. The van der Waals surface area contributed by atoms with Crippen molar-refractivity contribution in [2.75, 3.05) is 13.2 Å². The van der Waals surface area contributed by atoms with Crippen LogP contribution in [0.2, 0.25) is 0 Å². The summed E-state index contributed by atoms with van der Waals surface area (Å²) in [7, 11) is 0. The van der Waals surface area contributed by atoms with Crippen molar-refractivity contribution >= 4 is 5.97 Å². The number of hydrogen-bond acceptors (Lipinski definition) is 3. The van der Waals surface area contributed by atoms with Crippen LogP contribution in [-0.4, -0.2) is 19.2 Å². The fourth-order valence-corrected chi connectivity index (χ4v) is 1.47. The van der Waals surface area contributed by atoms with Gasteiger partial charge < -0.3 is 9.47 Å². The fourth-order valence-electron chi connectivity index (χ4n) is 1.47. The molecule has 0 unspecified atom stereocenters. The third-order valence-corrected chi connectivity index (χ3v) is 2.14. The summed E-state index contributed by atoms with van der Waals surface area (Å²) in [4.78, 5) is 11.1. The molecule has 0 aromatic carbocycles. The summed E-state index contributed by atoms with van der Waals surface area (Å²) in [5.41, 5.74) is 0. The van der Waals surface area contributed by atoms with Gasteiger partial charge >= 0.3 is 5.97 Å². The highest BCUT2D eigenvalue weighted by Gasteiger charge is 2.22. The molecule has 1 atom stereocenters. The zero-order chi connectivity index (χ0) is 10.4. The Balaban J connectivity index is 2.56. The number of rotatable bonds is 4. The Kier molecular flexibility index (Phi) is 4.23. The molecule has 1 fully saturated rings. The number of carbonyl (C=O) groups is 1. The molecule has 3 nitrogen and oxygen atoms in total. The monoisotopic (exact) mass is 196 g/mol. The molecule has 1 aliphatic rings. The smallest absolute Gasteiger partial charge is 0.334 e. The van der Waals surface area contributed by atoms with Crippen LogP contribution in [0.15, 0.2) is 24.5 Å². The maximum Gasteiger partial charge on any atom is 0.334 e. The van der Waals surface area contributed by atoms with Crippen LogP contribution in [0.1, 0.15) is 19.8 Å². The predicted octanol–water partition coefficient (Wildman–Crippen LogP) is 2.05. The second-order valence-corrected chi connectivity index (χ2v) is 3.16. The summed E-state index contributed by atoms with van der Waals surface area (Å²) < 4.78 is 10.2. The first-order chi connectivity index (χ1) is 6.77. The van der Waals surface area contributed by atoms with Gasteiger partial charge in [0, 0.05) is 5.92 Å². The first-order valence-electron chi connectivity index (χ1n) is 4.90. The zero-order valence-corrected chi connectivity index (χ0v) is 8.49. The van der Waals surface area contributed by atoms with E-state index in [2.05, 4.69) is 6.58 Å². The minimum atomic E-state index is -0.321. The molecule has 0 aromatic rings. The Morgan fingerprint density at radius 3 is 3.21 bits per heavy atom. The Morgan fingerprint density at radius 2 is 2.57 bits per heavy atom. The van der Waals surface area contributed by atoms with Gasteiger partial charge in [0.1, 0.15) is 5.76 Å². The number of carbonyl (C=O) groups excluding carboxylic acids is 1. The van der Waals surface area contributed by atoms with Crippen molar-refractivity contribution in [1.29, 1.82) is 0 Å². The van der Waals surface area contributed by atoms with Crippen molar-refractivity contribution in [3.63, 3.8) is 0 Å². The van der Waals surface area contributed by atoms with Crippen LogP contribution >= 0.6 is 0 Å². The van der Waals surface area contributed by atoms with Gasteiger partial charge in [-0.15, -0.1) is 6.58 Å². The molecule has 0 aliphatic carbocycles. The van der Waals surface area contributed by atoms with E-state index in [1.807, 2.05) is 6.08 Å². The van der Waals surface area contributed by atoms with Crippen LogP contribution in [0.5, 0.6) is 0 Å². The number of allylic oxidation sites excluding steroid dienone is 2. The lowest BCUT2D eigenvalue weighted by molar-refractivity contribution is -0.137. The van der Waals surface area contributed by atoms with Gasteiger partial charge in [0.15, 0.2) is 0 Å². The highest BCUT2D eigenvalue weighted by molar-refractivity contribution is 5.82. The van der Waals surface area contributed by atoms with E-state index in [1.165, 1.54) is 6.08 Å². The second kappa shape index (κ2) is 5.47. The van der Waals surface area contributed by atoms with E-state index in [0.717, 1.165) is 18.6 Å². The van der Waals surface area contributed by atoms with Crippen LogP contribution in [0.3, 0.4) is 0 Å². The summed E-state index contributed by atoms with van der Waals surface area (Å²) in [6.07, 6.45) is 5.10. The third-order valence-electron chi connectivity index (χ3n) is 2.14. The maximum absolute atomic E-state index is 11.1. The van der Waals surface area contributed by atoms with E-state index in [0.29, 0.717) is 19.1 Å². The molecule has 0 bridgehead atoms. The molecule has 14 heavy (non-hydrogen) atoms. The third kappa shape index (κ3) is 2.91. The van der Waals surface area contributed by atoms with E-state index in [9.17, 15) is 4.79 Å². The van der Waals surface area contributed by atoms with Gasteiger partial charge in [0.2, 0.25) is 0 Å². The standard InChI is InChI=1S/C11H16O3/c1-3-5-9-6-7-14-10(9)8-11(12)13-4-2/h3,8-9H,1,4-7H2,2H3/b10-8+/t9-/m0/s1. The lowest BCUT2D eigenvalue weighted by Gasteiger charge is -2.06. The van der Waals surface area contributed by atoms with Crippen molar-refractivity contribution in [1.82, 2.24) is 0 Å². The lowest BCUT2D eigenvalue weighted by Crippen LogP contribution is -2.04. The predicted molar refractivity (Wildman–Crippen MR) is 53.6 cm³/mol. The summed E-state index contributed by atoms with van der Waals surface area (Å²) in [5, 5.41) is 0. The molecule has 0 aromatic heterocycles. The van der Waals surface area contributed by atoms with Gasteiger partial charge in [-0.25, -0.2) is 4.79 Å². The first kappa shape index (κ1) is 10.8. The quantitative estimate of drug-likeness (QED) is 0.392. The molecule has 1 rings (SSSR count). The molecule has 0 radical (unpaired) electrons. The van der Waals surface area contributed by atoms with Gasteiger partial charge in [-0.2, -0.15) is 0 Å². The summed E-state index contributed by atoms with van der Waals surface area (Å²) in [6, 6.07) is 0. The van der Waals surface area contributed by atoms with Crippen LogP contribution < -0.4 is 0 Å². The van der Waals surface area contributed by atoms with E-state index in [1.54, 1.807) is 6.92 Å². The Hall–Kier alpha value is -1.25. The molecular formula is C11H16O3. The van der Waals surface area contributed by atoms with Crippen molar-refractivity contribution < 1.29 is 14.3 Å². The topological polar surface area (TPSA) is 35.5 Å². The average Bonchev–Trinajstić information content (AvgIpc) is 2.54. The maximum atomic E-state index is 11.1. The van der Waals surface area contributed by atoms with E-state index < -0.39 is 0 Å². The minimum Gasteiger partial charge on any atom is -0.497 e. The SMILES string of the molecule is C=CC[C@H]1CCO/C1=C/C(=O)OCC. The van der Waals surface area contributed by atoms with Crippen LogP contribution in [0, 0.1) is 5.92 Å². The van der Waals surface area contributed by atoms with Crippen molar-refractivity contribution in [2.24, 2.45) is 5.92 Å².